The fourth-order valence-corrected chi connectivity index (χ4v) is 3.72. The van der Waals surface area contributed by atoms with E-state index < -0.39 is 17.1 Å². The van der Waals surface area contributed by atoms with Crippen molar-refractivity contribution in [2.75, 3.05) is 19.6 Å². The van der Waals surface area contributed by atoms with Crippen molar-refractivity contribution in [3.05, 3.63) is 39.9 Å². The van der Waals surface area contributed by atoms with E-state index in [1.54, 1.807) is 17.0 Å². The van der Waals surface area contributed by atoms with Crippen molar-refractivity contribution in [1.29, 1.82) is 0 Å². The number of amides is 2. The number of non-ortho nitro benzene ring substituents is 1. The molecule has 26 heavy (non-hydrogen) atoms. The molecule has 2 amide bonds. The van der Waals surface area contributed by atoms with E-state index in [1.807, 2.05) is 0 Å². The first kappa shape index (κ1) is 18.5. The van der Waals surface area contributed by atoms with Gasteiger partial charge in [0.25, 0.3) is 5.69 Å². The predicted molar refractivity (Wildman–Crippen MR) is 97.0 cm³/mol. The van der Waals surface area contributed by atoms with Gasteiger partial charge >= 0.3 is 6.09 Å². The summed E-state index contributed by atoms with van der Waals surface area (Å²) in [6, 6.07) is 5.29. The van der Waals surface area contributed by atoms with E-state index in [4.69, 9.17) is 4.74 Å². The second kappa shape index (κ2) is 7.94. The van der Waals surface area contributed by atoms with Crippen LogP contribution in [-0.2, 0) is 16.1 Å². The molecule has 2 fully saturated rings. The van der Waals surface area contributed by atoms with Gasteiger partial charge in [0.2, 0.25) is 5.91 Å². The molecule has 1 aromatic rings. The first-order chi connectivity index (χ1) is 12.5. The molecule has 0 aliphatic carbocycles. The van der Waals surface area contributed by atoms with Crippen molar-refractivity contribution < 1.29 is 19.2 Å². The number of nitrogens with zero attached hydrogens (tertiary/aromatic N) is 3. The van der Waals surface area contributed by atoms with Crippen LogP contribution in [0.3, 0.4) is 0 Å². The molecule has 3 rings (SSSR count). The van der Waals surface area contributed by atoms with Gasteiger partial charge in [-0.15, -0.1) is 0 Å². The van der Waals surface area contributed by atoms with Gasteiger partial charge < -0.3 is 9.64 Å². The average Bonchev–Trinajstić information content (AvgIpc) is 3.29. The Morgan fingerprint density at radius 2 is 1.88 bits per heavy atom. The highest BCUT2D eigenvalue weighted by Crippen LogP contribution is 2.26. The van der Waals surface area contributed by atoms with Crippen molar-refractivity contribution in [1.82, 2.24) is 9.80 Å². The third-order valence-corrected chi connectivity index (χ3v) is 5.10. The molecule has 2 heterocycles. The van der Waals surface area contributed by atoms with Crippen molar-refractivity contribution in [2.24, 2.45) is 0 Å². The quantitative estimate of drug-likeness (QED) is 0.492. The zero-order valence-electron chi connectivity index (χ0n) is 14.2. The molecule has 140 valence electrons. The Hall–Kier alpha value is -2.29. The number of nitro benzene ring substituents is 1. The van der Waals surface area contributed by atoms with E-state index in [1.165, 1.54) is 17.0 Å². The highest BCUT2D eigenvalue weighted by molar-refractivity contribution is 7.81. The van der Waals surface area contributed by atoms with Crippen molar-refractivity contribution in [3.8, 4) is 0 Å². The molecule has 0 radical (unpaired) electrons. The Labute approximate surface area is 156 Å². The summed E-state index contributed by atoms with van der Waals surface area (Å²) in [6.07, 6.45) is 1.95. The maximum atomic E-state index is 12.7. The number of carbonyl (C=O) groups excluding carboxylic acids is 2. The molecule has 0 aromatic heterocycles. The number of carbonyl (C=O) groups is 2. The van der Waals surface area contributed by atoms with Gasteiger partial charge in [0.05, 0.1) is 4.92 Å². The molecule has 9 heteroatoms. The van der Waals surface area contributed by atoms with Crippen LogP contribution >= 0.6 is 12.6 Å². The summed E-state index contributed by atoms with van der Waals surface area (Å²) in [5.74, 6) is -0.0358. The number of nitro groups is 1. The van der Waals surface area contributed by atoms with Crippen LogP contribution in [0.25, 0.3) is 0 Å². The molecule has 8 nitrogen and oxygen atoms in total. The van der Waals surface area contributed by atoms with E-state index >= 15 is 0 Å². The maximum Gasteiger partial charge on any atom is 0.410 e. The standard InChI is InChI=1S/C17H21N3O5S/c21-16(18-7-1-2-8-18)15-9-14(26)10-19(15)17(22)25-11-12-3-5-13(6-4-12)20(23)24/h3-6,14-15,26H,1-2,7-11H2/t14-,15-/m0/s1. The van der Waals surface area contributed by atoms with Crippen molar-refractivity contribution in [3.63, 3.8) is 0 Å². The lowest BCUT2D eigenvalue weighted by Gasteiger charge is -2.27. The van der Waals surface area contributed by atoms with Crippen molar-refractivity contribution in [2.45, 2.75) is 37.2 Å². The molecule has 0 spiro atoms. The first-order valence-corrected chi connectivity index (χ1v) is 9.11. The lowest BCUT2D eigenvalue weighted by Crippen LogP contribution is -2.47. The predicted octanol–water partition coefficient (Wildman–Crippen LogP) is 2.23. The Morgan fingerprint density at radius 3 is 2.50 bits per heavy atom. The van der Waals surface area contributed by atoms with Crippen molar-refractivity contribution >= 4 is 30.3 Å². The Balaban J connectivity index is 1.60. The smallest absolute Gasteiger partial charge is 0.410 e. The topological polar surface area (TPSA) is 93.0 Å². The van der Waals surface area contributed by atoms with E-state index in [-0.39, 0.29) is 23.5 Å². The molecular weight excluding hydrogens is 358 g/mol. The van der Waals surface area contributed by atoms with Crippen LogP contribution in [0.1, 0.15) is 24.8 Å². The second-order valence-electron chi connectivity index (χ2n) is 6.57. The summed E-state index contributed by atoms with van der Waals surface area (Å²) in [5.41, 5.74) is 0.627. The molecule has 0 unspecified atom stereocenters. The Bertz CT molecular complexity index is 690. The molecule has 0 bridgehead atoms. The number of likely N-dealkylation sites (tertiary alicyclic amines) is 2. The molecule has 0 N–H and O–H groups in total. The summed E-state index contributed by atoms with van der Waals surface area (Å²) >= 11 is 4.43. The van der Waals surface area contributed by atoms with Crippen LogP contribution in [0.4, 0.5) is 10.5 Å². The zero-order chi connectivity index (χ0) is 18.7. The Morgan fingerprint density at radius 1 is 1.23 bits per heavy atom. The van der Waals surface area contributed by atoms with Crippen LogP contribution in [0.15, 0.2) is 24.3 Å². The van der Waals surface area contributed by atoms with Gasteiger partial charge in [-0.05, 0) is 37.0 Å². The highest BCUT2D eigenvalue weighted by atomic mass is 32.1. The fraction of sp³-hybridized carbons (Fsp3) is 0.529. The van der Waals surface area contributed by atoms with Crippen LogP contribution in [-0.4, -0.2) is 57.6 Å². The van der Waals surface area contributed by atoms with Crippen LogP contribution in [0.2, 0.25) is 0 Å². The number of benzene rings is 1. The first-order valence-electron chi connectivity index (χ1n) is 8.59. The van der Waals surface area contributed by atoms with Gasteiger partial charge in [0.15, 0.2) is 0 Å². The SMILES string of the molecule is O=C([C@@H]1C[C@H](S)CN1C(=O)OCc1ccc([N+](=O)[O-])cc1)N1CCCC1. The van der Waals surface area contributed by atoms with Gasteiger partial charge in [-0.2, -0.15) is 12.6 Å². The van der Waals surface area contributed by atoms with Gasteiger partial charge in [-0.25, -0.2) is 4.79 Å². The molecule has 2 saturated heterocycles. The van der Waals surface area contributed by atoms with Crippen LogP contribution < -0.4 is 0 Å². The van der Waals surface area contributed by atoms with Crippen LogP contribution in [0.5, 0.6) is 0 Å². The molecule has 2 aliphatic heterocycles. The number of rotatable bonds is 4. The van der Waals surface area contributed by atoms with Gasteiger partial charge in [0.1, 0.15) is 12.6 Å². The normalized spacial score (nSPS) is 22.5. The third-order valence-electron chi connectivity index (χ3n) is 4.73. The number of thiol groups is 1. The number of hydrogen-bond donors (Lipinski definition) is 1. The fourth-order valence-electron chi connectivity index (χ4n) is 3.34. The molecule has 2 aliphatic rings. The lowest BCUT2D eigenvalue weighted by molar-refractivity contribution is -0.384. The van der Waals surface area contributed by atoms with Gasteiger partial charge in [-0.3, -0.25) is 19.8 Å². The average molecular weight is 379 g/mol. The van der Waals surface area contributed by atoms with Crippen LogP contribution in [0, 0.1) is 10.1 Å². The van der Waals surface area contributed by atoms with E-state index in [0.29, 0.717) is 18.5 Å². The lowest BCUT2D eigenvalue weighted by atomic mass is 10.2. The monoisotopic (exact) mass is 379 g/mol. The molecular formula is C17H21N3O5S. The Kier molecular flexibility index (Phi) is 5.65. The zero-order valence-corrected chi connectivity index (χ0v) is 15.1. The minimum atomic E-state index is -0.558. The summed E-state index contributed by atoms with van der Waals surface area (Å²) in [4.78, 5) is 38.5. The molecule has 1 aromatic carbocycles. The van der Waals surface area contributed by atoms with Gasteiger partial charge in [0, 0.05) is 37.0 Å². The largest absolute Gasteiger partial charge is 0.445 e. The second-order valence-corrected chi connectivity index (χ2v) is 7.30. The van der Waals surface area contributed by atoms with E-state index in [2.05, 4.69) is 12.6 Å². The summed E-state index contributed by atoms with van der Waals surface area (Å²) in [5, 5.41) is 10.6. The third kappa shape index (κ3) is 4.09. The summed E-state index contributed by atoms with van der Waals surface area (Å²) in [6.45, 7) is 1.83. The summed E-state index contributed by atoms with van der Waals surface area (Å²) in [7, 11) is 0. The summed E-state index contributed by atoms with van der Waals surface area (Å²) < 4.78 is 5.32. The molecule has 0 saturated carbocycles. The van der Waals surface area contributed by atoms with E-state index in [0.717, 1.165) is 25.9 Å². The number of ether oxygens (including phenoxy) is 1. The minimum Gasteiger partial charge on any atom is -0.445 e. The van der Waals surface area contributed by atoms with E-state index in [9.17, 15) is 19.7 Å². The number of hydrogen-bond acceptors (Lipinski definition) is 6. The minimum absolute atomic E-state index is 0.00477. The molecule has 2 atom stereocenters. The highest BCUT2D eigenvalue weighted by Gasteiger charge is 2.41. The van der Waals surface area contributed by atoms with Gasteiger partial charge in [-0.1, -0.05) is 0 Å². The maximum absolute atomic E-state index is 12.7.